The van der Waals surface area contributed by atoms with Gasteiger partial charge in [0, 0.05) is 17.1 Å². The van der Waals surface area contributed by atoms with Crippen LogP contribution in [0.15, 0.2) is 64.0 Å². The number of fused-ring (bicyclic) bond motifs is 3. The van der Waals surface area contributed by atoms with Gasteiger partial charge in [0.25, 0.3) is 0 Å². The standard InChI is InChI=1S/C24H23BBrNO6/c1-27-23(29)18-9-13(12-32-15-5-3-2-4-6-15)22-17(21(18)24(27)30)11-20(33-25(22)31)16-10-14(26)7-8-19(16)28/h2-8,10,17-18,20-21,28,31H,9,11-12H2,1H3/t17-,18-,20-,21+/m0/s1. The summed E-state index contributed by atoms with van der Waals surface area (Å²) in [5, 5.41) is 21.5. The van der Waals surface area contributed by atoms with E-state index in [4.69, 9.17) is 9.39 Å². The molecule has 1 aliphatic carbocycles. The third kappa shape index (κ3) is 3.88. The molecule has 2 aromatic carbocycles. The summed E-state index contributed by atoms with van der Waals surface area (Å²) in [6.07, 6.45) is 0.0696. The summed E-state index contributed by atoms with van der Waals surface area (Å²) in [6, 6.07) is 14.3. The van der Waals surface area contributed by atoms with Crippen LogP contribution in [0, 0.1) is 17.8 Å². The van der Waals surface area contributed by atoms with Gasteiger partial charge in [-0.3, -0.25) is 14.5 Å². The minimum atomic E-state index is -1.27. The van der Waals surface area contributed by atoms with Gasteiger partial charge in [-0.15, -0.1) is 0 Å². The minimum Gasteiger partial charge on any atom is -0.508 e. The fourth-order valence-electron chi connectivity index (χ4n) is 5.37. The topological polar surface area (TPSA) is 96.3 Å². The second-order valence-corrected chi connectivity index (χ2v) is 9.67. The van der Waals surface area contributed by atoms with Crippen LogP contribution in [0.5, 0.6) is 11.5 Å². The van der Waals surface area contributed by atoms with Gasteiger partial charge in [0.2, 0.25) is 11.8 Å². The van der Waals surface area contributed by atoms with Crippen molar-refractivity contribution in [3.05, 3.63) is 69.6 Å². The summed E-state index contributed by atoms with van der Waals surface area (Å²) in [7, 11) is 0.243. The Balaban J connectivity index is 1.52. The predicted molar refractivity (Wildman–Crippen MR) is 124 cm³/mol. The SMILES string of the molecule is CN1C(=O)[C@H]2[C@H](CC(COc3ccccc3)=C3B(O)O[C@H](c4cc(Br)ccc4O)C[C@H]32)C1=O. The molecule has 0 spiro atoms. The fraction of sp³-hybridized carbons (Fsp3) is 0.333. The molecule has 3 aliphatic rings. The maximum absolute atomic E-state index is 13.0. The van der Waals surface area contributed by atoms with Gasteiger partial charge in [-0.05, 0) is 60.1 Å². The van der Waals surface area contributed by atoms with Crippen LogP contribution >= 0.6 is 15.9 Å². The lowest BCUT2D eigenvalue weighted by molar-refractivity contribution is -0.138. The number of allylic oxidation sites excluding steroid dienone is 1. The summed E-state index contributed by atoms with van der Waals surface area (Å²) in [6.45, 7) is 0.192. The van der Waals surface area contributed by atoms with E-state index in [1.165, 1.54) is 11.9 Å². The number of hydrogen-bond acceptors (Lipinski definition) is 6. The molecule has 0 radical (unpaired) electrons. The molecular formula is C24H23BBrNO6. The van der Waals surface area contributed by atoms with Gasteiger partial charge in [-0.1, -0.05) is 34.1 Å². The molecule has 2 amide bonds. The molecule has 7 nitrogen and oxygen atoms in total. The Morgan fingerprint density at radius 1 is 1.15 bits per heavy atom. The van der Waals surface area contributed by atoms with E-state index in [1.54, 1.807) is 18.2 Å². The number of carbonyl (C=O) groups excluding carboxylic acids is 2. The molecule has 0 unspecified atom stereocenters. The number of rotatable bonds is 4. The highest BCUT2D eigenvalue weighted by atomic mass is 79.9. The normalized spacial score (nSPS) is 27.0. The van der Waals surface area contributed by atoms with Crippen LogP contribution in [0.25, 0.3) is 0 Å². The van der Waals surface area contributed by atoms with Crippen LogP contribution in [0.1, 0.15) is 24.5 Å². The number of likely N-dealkylation sites (tertiary alicyclic amines) is 1. The van der Waals surface area contributed by atoms with Crippen LogP contribution in [-0.2, 0) is 14.2 Å². The van der Waals surface area contributed by atoms with Gasteiger partial charge < -0.3 is 19.5 Å². The zero-order valence-corrected chi connectivity index (χ0v) is 19.6. The van der Waals surface area contributed by atoms with E-state index in [0.29, 0.717) is 29.6 Å². The smallest absolute Gasteiger partial charge is 0.487 e. The molecule has 4 atom stereocenters. The van der Waals surface area contributed by atoms with Gasteiger partial charge in [0.15, 0.2) is 0 Å². The Morgan fingerprint density at radius 2 is 1.91 bits per heavy atom. The number of amides is 2. The van der Waals surface area contributed by atoms with Crippen molar-refractivity contribution in [3.63, 3.8) is 0 Å². The van der Waals surface area contributed by atoms with Crippen LogP contribution in [-0.4, -0.2) is 47.6 Å². The van der Waals surface area contributed by atoms with Crippen molar-refractivity contribution in [2.45, 2.75) is 18.9 Å². The summed E-state index contributed by atoms with van der Waals surface area (Å²) < 4.78 is 12.7. The number of benzene rings is 2. The molecule has 33 heavy (non-hydrogen) atoms. The summed E-state index contributed by atoms with van der Waals surface area (Å²) in [4.78, 5) is 27.1. The average Bonchev–Trinajstić information content (AvgIpc) is 3.03. The van der Waals surface area contributed by atoms with Crippen LogP contribution in [0.4, 0.5) is 0 Å². The highest BCUT2D eigenvalue weighted by molar-refractivity contribution is 9.10. The van der Waals surface area contributed by atoms with E-state index in [-0.39, 0.29) is 24.2 Å². The monoisotopic (exact) mass is 511 g/mol. The maximum Gasteiger partial charge on any atom is 0.487 e. The van der Waals surface area contributed by atoms with E-state index in [1.807, 2.05) is 30.3 Å². The van der Waals surface area contributed by atoms with E-state index < -0.39 is 31.0 Å². The van der Waals surface area contributed by atoms with Crippen LogP contribution < -0.4 is 4.74 Å². The molecule has 2 N–H and O–H groups in total. The number of nitrogens with zero attached hydrogens (tertiary/aromatic N) is 1. The Kier molecular flexibility index (Phi) is 5.80. The molecule has 2 aliphatic heterocycles. The number of para-hydroxylation sites is 1. The zero-order chi connectivity index (χ0) is 23.3. The third-order valence-corrected chi connectivity index (χ3v) is 7.42. The lowest BCUT2D eigenvalue weighted by Crippen LogP contribution is -2.45. The van der Waals surface area contributed by atoms with Gasteiger partial charge in [-0.2, -0.15) is 0 Å². The van der Waals surface area contributed by atoms with Gasteiger partial charge in [-0.25, -0.2) is 0 Å². The van der Waals surface area contributed by atoms with Crippen molar-refractivity contribution in [2.24, 2.45) is 17.8 Å². The van der Waals surface area contributed by atoms with Crippen molar-refractivity contribution in [2.75, 3.05) is 13.7 Å². The highest BCUT2D eigenvalue weighted by Gasteiger charge is 2.57. The first-order valence-electron chi connectivity index (χ1n) is 10.9. The number of carbonyl (C=O) groups is 2. The number of aromatic hydroxyl groups is 1. The first-order valence-corrected chi connectivity index (χ1v) is 11.7. The van der Waals surface area contributed by atoms with Crippen LogP contribution in [0.2, 0.25) is 0 Å². The van der Waals surface area contributed by atoms with Crippen LogP contribution in [0.3, 0.4) is 0 Å². The second kappa shape index (κ2) is 8.63. The van der Waals surface area contributed by atoms with Gasteiger partial charge in [0.1, 0.15) is 18.1 Å². The second-order valence-electron chi connectivity index (χ2n) is 8.75. The highest BCUT2D eigenvalue weighted by Crippen LogP contribution is 2.52. The largest absolute Gasteiger partial charge is 0.508 e. The molecule has 2 saturated heterocycles. The van der Waals surface area contributed by atoms with Crippen molar-refractivity contribution in [1.82, 2.24) is 4.90 Å². The Morgan fingerprint density at radius 3 is 2.67 bits per heavy atom. The Hall–Kier alpha value is -2.62. The zero-order valence-electron chi connectivity index (χ0n) is 18.0. The number of hydrogen-bond donors (Lipinski definition) is 2. The lowest BCUT2D eigenvalue weighted by atomic mass is 9.55. The number of phenols is 1. The van der Waals surface area contributed by atoms with Gasteiger partial charge in [0.05, 0.1) is 17.9 Å². The summed E-state index contributed by atoms with van der Waals surface area (Å²) in [5.41, 5.74) is 1.93. The molecule has 0 aromatic heterocycles. The number of ether oxygens (including phenoxy) is 1. The Bertz CT molecular complexity index is 1140. The third-order valence-electron chi connectivity index (χ3n) is 6.92. The molecule has 0 saturated carbocycles. The quantitative estimate of drug-likeness (QED) is 0.483. The molecule has 5 rings (SSSR count). The van der Waals surface area contributed by atoms with E-state index in [9.17, 15) is 19.7 Å². The molecule has 0 bridgehead atoms. The first-order chi connectivity index (χ1) is 15.8. The molecule has 2 fully saturated rings. The molecule has 9 heteroatoms. The predicted octanol–water partition coefficient (Wildman–Crippen LogP) is 3.26. The number of phenolic OH excluding ortho intramolecular Hbond substituents is 1. The molecule has 2 aromatic rings. The Labute approximate surface area is 200 Å². The number of imide groups is 1. The molecule has 2 heterocycles. The van der Waals surface area contributed by atoms with E-state index in [2.05, 4.69) is 15.9 Å². The molecule has 170 valence electrons. The van der Waals surface area contributed by atoms with Crippen molar-refractivity contribution in [1.29, 1.82) is 0 Å². The van der Waals surface area contributed by atoms with E-state index in [0.717, 1.165) is 10.0 Å². The minimum absolute atomic E-state index is 0.0498. The molecular weight excluding hydrogens is 489 g/mol. The van der Waals surface area contributed by atoms with Crippen molar-refractivity contribution < 1.29 is 29.1 Å². The fourth-order valence-corrected chi connectivity index (χ4v) is 5.75. The van der Waals surface area contributed by atoms with Crippen molar-refractivity contribution >= 4 is 34.9 Å². The van der Waals surface area contributed by atoms with Crippen molar-refractivity contribution in [3.8, 4) is 11.5 Å². The average molecular weight is 512 g/mol. The lowest BCUT2D eigenvalue weighted by Gasteiger charge is -2.42. The maximum atomic E-state index is 13.0. The summed E-state index contributed by atoms with van der Waals surface area (Å²) >= 11 is 3.41. The van der Waals surface area contributed by atoms with E-state index >= 15 is 0 Å². The van der Waals surface area contributed by atoms with Gasteiger partial charge >= 0.3 is 7.12 Å². The first kappa shape index (κ1) is 22.2. The number of halogens is 1. The summed E-state index contributed by atoms with van der Waals surface area (Å²) in [5.74, 6) is -1.16.